The molecule has 0 unspecified atom stereocenters. The molecule has 0 aliphatic heterocycles. The zero-order chi connectivity index (χ0) is 41.6. The van der Waals surface area contributed by atoms with Gasteiger partial charge in [-0.15, -0.1) is 11.3 Å². The molecule has 0 radical (unpaired) electrons. The predicted molar refractivity (Wildman–Crippen MR) is 264 cm³/mol. The van der Waals surface area contributed by atoms with Crippen molar-refractivity contribution in [2.24, 2.45) is 0 Å². The van der Waals surface area contributed by atoms with Crippen LogP contribution in [0.15, 0.2) is 192 Å². The number of para-hydroxylation sites is 1. The van der Waals surface area contributed by atoms with Crippen molar-refractivity contribution in [1.29, 1.82) is 0 Å². The van der Waals surface area contributed by atoms with Gasteiger partial charge in [-0.25, -0.2) is 0 Å². The van der Waals surface area contributed by atoms with Gasteiger partial charge in [-0.2, -0.15) is 0 Å². The van der Waals surface area contributed by atoms with Crippen molar-refractivity contribution in [3.8, 4) is 55.6 Å². The summed E-state index contributed by atoms with van der Waals surface area (Å²) in [5.41, 5.74) is 21.1. The summed E-state index contributed by atoms with van der Waals surface area (Å²) in [6.07, 6.45) is 0. The zero-order valence-electron chi connectivity index (χ0n) is 35.2. The highest BCUT2D eigenvalue weighted by Gasteiger charge is 2.13. The third kappa shape index (κ3) is 7.34. The number of aryl methyl sites for hydroxylation is 5. The fourth-order valence-electron chi connectivity index (χ4n) is 8.86. The van der Waals surface area contributed by atoms with Crippen LogP contribution in [-0.2, 0) is 0 Å². The van der Waals surface area contributed by atoms with Gasteiger partial charge in [-0.3, -0.25) is 0 Å². The van der Waals surface area contributed by atoms with Crippen LogP contribution < -0.4 is 0 Å². The number of rotatable bonds is 5. The molecule has 11 rings (SSSR count). The molecule has 0 N–H and O–H groups in total. The van der Waals surface area contributed by atoms with Crippen LogP contribution in [0.4, 0.5) is 0 Å². The van der Waals surface area contributed by atoms with Gasteiger partial charge in [0.15, 0.2) is 0 Å². The Kier molecular flexibility index (Phi) is 9.95. The van der Waals surface area contributed by atoms with Crippen molar-refractivity contribution in [3.63, 3.8) is 0 Å². The van der Waals surface area contributed by atoms with Gasteiger partial charge in [-0.05, 0) is 173 Å². The Bertz CT molecular complexity index is 3430. The maximum absolute atomic E-state index is 5.97. The van der Waals surface area contributed by atoms with Gasteiger partial charge in [0.1, 0.15) is 11.2 Å². The fraction of sp³-hybridized carbons (Fsp3) is 0.0847. The summed E-state index contributed by atoms with van der Waals surface area (Å²) in [6.45, 7) is 10.9. The Hall–Kier alpha value is -7.00. The van der Waals surface area contributed by atoms with E-state index < -0.39 is 0 Å². The van der Waals surface area contributed by atoms with Crippen molar-refractivity contribution in [2.45, 2.75) is 34.6 Å². The molecule has 0 saturated carbocycles. The minimum Gasteiger partial charge on any atom is -0.456 e. The summed E-state index contributed by atoms with van der Waals surface area (Å²) in [4.78, 5) is 0. The summed E-state index contributed by atoms with van der Waals surface area (Å²) in [6, 6.07) is 68.1. The van der Waals surface area contributed by atoms with Crippen LogP contribution in [0.2, 0.25) is 0 Å². The highest BCUT2D eigenvalue weighted by Crippen LogP contribution is 2.39. The molecule has 0 aliphatic rings. The monoisotopic (exact) mass is 802 g/mol. The molecule has 0 atom stereocenters. The number of hydrogen-bond donors (Lipinski definition) is 0. The lowest BCUT2D eigenvalue weighted by Crippen LogP contribution is -1.90. The zero-order valence-corrected chi connectivity index (χ0v) is 36.0. The highest BCUT2D eigenvalue weighted by atomic mass is 32.1. The molecule has 1 nitrogen and oxygen atoms in total. The van der Waals surface area contributed by atoms with E-state index in [0.717, 1.165) is 11.2 Å². The van der Waals surface area contributed by atoms with E-state index in [1.807, 2.05) is 23.5 Å². The topological polar surface area (TPSA) is 13.1 Å². The summed E-state index contributed by atoms with van der Waals surface area (Å²) < 4.78 is 8.67. The molecule has 9 aromatic carbocycles. The van der Waals surface area contributed by atoms with Crippen LogP contribution in [0.5, 0.6) is 0 Å². The van der Waals surface area contributed by atoms with Crippen molar-refractivity contribution in [2.75, 3.05) is 0 Å². The number of fused-ring (bicyclic) bond motifs is 6. The van der Waals surface area contributed by atoms with Gasteiger partial charge < -0.3 is 4.42 Å². The average Bonchev–Trinajstić information content (AvgIpc) is 3.85. The number of thiophene rings is 1. The second kappa shape index (κ2) is 15.9. The molecule has 294 valence electrons. The van der Waals surface area contributed by atoms with Crippen LogP contribution in [0.1, 0.15) is 27.8 Å². The van der Waals surface area contributed by atoms with E-state index in [2.05, 4.69) is 211 Å². The van der Waals surface area contributed by atoms with Gasteiger partial charge in [0.2, 0.25) is 0 Å². The first-order valence-electron chi connectivity index (χ1n) is 21.1. The second-order valence-electron chi connectivity index (χ2n) is 16.4. The third-order valence-electron chi connectivity index (χ3n) is 12.2. The van der Waals surface area contributed by atoms with E-state index in [9.17, 15) is 0 Å². The summed E-state index contributed by atoms with van der Waals surface area (Å²) in [7, 11) is 0. The number of benzene rings is 9. The van der Waals surface area contributed by atoms with E-state index in [4.69, 9.17) is 4.42 Å². The molecule has 0 amide bonds. The Balaban J connectivity index is 0.000000150. The van der Waals surface area contributed by atoms with Crippen molar-refractivity contribution in [3.05, 3.63) is 216 Å². The van der Waals surface area contributed by atoms with E-state index in [-0.39, 0.29) is 0 Å². The second-order valence-corrected chi connectivity index (χ2v) is 17.5. The van der Waals surface area contributed by atoms with E-state index in [1.54, 1.807) is 0 Å². The smallest absolute Gasteiger partial charge is 0.135 e. The molecule has 2 aromatic heterocycles. The molecule has 0 aliphatic carbocycles. The molecule has 0 fully saturated rings. The summed E-state index contributed by atoms with van der Waals surface area (Å²) in [5.74, 6) is 0. The Morgan fingerprint density at radius 1 is 0.295 bits per heavy atom. The van der Waals surface area contributed by atoms with E-state index >= 15 is 0 Å². The van der Waals surface area contributed by atoms with Gasteiger partial charge >= 0.3 is 0 Å². The summed E-state index contributed by atoms with van der Waals surface area (Å²) >= 11 is 1.87. The molecule has 0 saturated heterocycles. The lowest BCUT2D eigenvalue weighted by molar-refractivity contribution is 0.669. The number of furan rings is 1. The van der Waals surface area contributed by atoms with Crippen LogP contribution in [0, 0.1) is 34.6 Å². The summed E-state index contributed by atoms with van der Waals surface area (Å²) in [5, 5.41) is 5.03. The van der Waals surface area contributed by atoms with Gasteiger partial charge in [0.25, 0.3) is 0 Å². The first-order chi connectivity index (χ1) is 29.8. The van der Waals surface area contributed by atoms with Crippen molar-refractivity contribution in [1.82, 2.24) is 0 Å². The van der Waals surface area contributed by atoms with Crippen LogP contribution in [0.3, 0.4) is 0 Å². The Labute approximate surface area is 362 Å². The van der Waals surface area contributed by atoms with Crippen LogP contribution in [0.25, 0.3) is 97.7 Å². The van der Waals surface area contributed by atoms with Gasteiger partial charge in [-0.1, -0.05) is 133 Å². The minimum absolute atomic E-state index is 0.936. The highest BCUT2D eigenvalue weighted by molar-refractivity contribution is 7.25. The lowest BCUT2D eigenvalue weighted by Gasteiger charge is -2.13. The number of hydrogen-bond acceptors (Lipinski definition) is 2. The van der Waals surface area contributed by atoms with E-state index in [1.165, 1.54) is 114 Å². The van der Waals surface area contributed by atoms with Crippen molar-refractivity contribution < 1.29 is 4.42 Å². The Morgan fingerprint density at radius 3 is 1.43 bits per heavy atom. The predicted octanol–water partition coefficient (Wildman–Crippen LogP) is 17.5. The van der Waals surface area contributed by atoms with Gasteiger partial charge in [0.05, 0.1) is 0 Å². The molecule has 11 aromatic rings. The van der Waals surface area contributed by atoms with Gasteiger partial charge in [0, 0.05) is 30.9 Å². The average molecular weight is 803 g/mol. The SMILES string of the molecule is Cc1cc(-c2ccc(C)c(-c3ccccc3C)c2)cc(-c2ccc3sc4ccccc4c3c2)c1.Cc1ccccc1-c1cc(-c2ccc3oc4ccccc4c3c2)ccc1C. The van der Waals surface area contributed by atoms with Crippen LogP contribution >= 0.6 is 11.3 Å². The largest absolute Gasteiger partial charge is 0.456 e. The molecule has 2 heterocycles. The quantitative estimate of drug-likeness (QED) is 0.169. The van der Waals surface area contributed by atoms with Crippen LogP contribution in [-0.4, -0.2) is 0 Å². The molecular weight excluding hydrogens is 757 g/mol. The lowest BCUT2D eigenvalue weighted by atomic mass is 9.91. The maximum Gasteiger partial charge on any atom is 0.135 e. The first-order valence-corrected chi connectivity index (χ1v) is 21.9. The first kappa shape index (κ1) is 38.2. The Morgan fingerprint density at radius 2 is 0.754 bits per heavy atom. The normalized spacial score (nSPS) is 11.4. The molecule has 61 heavy (non-hydrogen) atoms. The minimum atomic E-state index is 0.936. The van der Waals surface area contributed by atoms with Crippen molar-refractivity contribution >= 4 is 53.4 Å². The maximum atomic E-state index is 5.97. The molecule has 0 bridgehead atoms. The third-order valence-corrected chi connectivity index (χ3v) is 13.3. The molecule has 2 heteroatoms. The fourth-order valence-corrected chi connectivity index (χ4v) is 9.95. The molecular formula is C59H46OS. The standard InChI is InChI=1S/C33H26S.C26H20O/c1-21-16-26(24-13-12-23(3)30(19-24)28-9-5-4-8-22(28)2)18-27(17-21)25-14-15-33-31(20-25)29-10-6-7-11-32(29)34-33;1-17-7-3-4-8-21(17)23-15-19(12-11-18(23)2)20-13-14-26-24(16-20)22-9-5-6-10-25(22)27-26/h4-20H,1-3H3;3-16H,1-2H3. The molecule has 0 spiro atoms. The van der Waals surface area contributed by atoms with E-state index in [0.29, 0.717) is 0 Å².